The maximum Gasteiger partial charge on any atom is 0.320 e. The van der Waals surface area contributed by atoms with E-state index in [1.807, 2.05) is 36.1 Å². The number of aliphatic carboxylic acids is 1. The molecule has 1 N–H and O–H groups in total. The van der Waals surface area contributed by atoms with Gasteiger partial charge in [0.1, 0.15) is 6.04 Å². The molecule has 1 aromatic carbocycles. The number of nitrogens with zero attached hydrogens (tertiary/aromatic N) is 3. The fraction of sp³-hybridized carbons (Fsp3) is 0.400. The van der Waals surface area contributed by atoms with Crippen LogP contribution in [0, 0.1) is 6.92 Å². The van der Waals surface area contributed by atoms with Gasteiger partial charge in [0.05, 0.1) is 6.54 Å². The summed E-state index contributed by atoms with van der Waals surface area (Å²) in [5, 5.41) is 13.1. The summed E-state index contributed by atoms with van der Waals surface area (Å²) in [6.07, 6.45) is 1.56. The average molecular weight is 287 g/mol. The molecule has 1 aromatic heterocycles. The van der Waals surface area contributed by atoms with Crippen molar-refractivity contribution < 1.29 is 14.4 Å². The van der Waals surface area contributed by atoms with Gasteiger partial charge in [-0.3, -0.25) is 9.69 Å². The Morgan fingerprint density at radius 1 is 1.43 bits per heavy atom. The number of aromatic nitrogens is 2. The molecule has 1 atom stereocenters. The van der Waals surface area contributed by atoms with Crippen LogP contribution in [0.1, 0.15) is 24.3 Å². The van der Waals surface area contributed by atoms with Crippen molar-refractivity contribution >= 4 is 5.97 Å². The Bertz CT molecular complexity index is 636. The van der Waals surface area contributed by atoms with Crippen molar-refractivity contribution in [3.63, 3.8) is 0 Å². The maximum absolute atomic E-state index is 11.2. The molecule has 0 radical (unpaired) electrons. The second-order valence-electron chi connectivity index (χ2n) is 5.34. The van der Waals surface area contributed by atoms with Gasteiger partial charge in [-0.25, -0.2) is 0 Å². The summed E-state index contributed by atoms with van der Waals surface area (Å²) in [6, 6.07) is 7.43. The Kier molecular flexibility index (Phi) is 3.70. The Morgan fingerprint density at radius 3 is 2.90 bits per heavy atom. The normalized spacial score (nSPS) is 19.0. The van der Waals surface area contributed by atoms with Crippen LogP contribution in [0.4, 0.5) is 0 Å². The maximum atomic E-state index is 11.2. The van der Waals surface area contributed by atoms with Gasteiger partial charge in [-0.2, -0.15) is 4.98 Å². The fourth-order valence-electron chi connectivity index (χ4n) is 2.61. The first-order valence-corrected chi connectivity index (χ1v) is 7.00. The number of aryl methyl sites for hydroxylation is 1. The first kappa shape index (κ1) is 13.8. The van der Waals surface area contributed by atoms with Crippen LogP contribution in [0.15, 0.2) is 28.8 Å². The Morgan fingerprint density at radius 2 is 2.19 bits per heavy atom. The van der Waals surface area contributed by atoms with Crippen molar-refractivity contribution in [2.24, 2.45) is 0 Å². The lowest BCUT2D eigenvalue weighted by Gasteiger charge is -2.18. The van der Waals surface area contributed by atoms with Gasteiger partial charge in [0.25, 0.3) is 0 Å². The van der Waals surface area contributed by atoms with Gasteiger partial charge in [-0.1, -0.05) is 35.0 Å². The molecule has 2 heterocycles. The summed E-state index contributed by atoms with van der Waals surface area (Å²) in [7, 11) is 0. The number of carboxylic acid groups (broad SMARTS) is 1. The zero-order chi connectivity index (χ0) is 14.8. The lowest BCUT2D eigenvalue weighted by molar-refractivity contribution is -0.142. The first-order valence-electron chi connectivity index (χ1n) is 7.00. The summed E-state index contributed by atoms with van der Waals surface area (Å²) in [4.78, 5) is 17.4. The van der Waals surface area contributed by atoms with E-state index in [0.717, 1.165) is 18.5 Å². The van der Waals surface area contributed by atoms with E-state index in [1.165, 1.54) is 5.56 Å². The van der Waals surface area contributed by atoms with Gasteiger partial charge >= 0.3 is 5.97 Å². The number of rotatable bonds is 4. The minimum atomic E-state index is -0.786. The summed E-state index contributed by atoms with van der Waals surface area (Å²) in [5.74, 6) is 0.209. The zero-order valence-electron chi connectivity index (χ0n) is 11.8. The number of carboxylic acids is 1. The molecule has 2 aromatic rings. The molecule has 6 nitrogen and oxygen atoms in total. The molecule has 0 saturated carbocycles. The highest BCUT2D eigenvalue weighted by atomic mass is 16.5. The molecule has 0 bridgehead atoms. The van der Waals surface area contributed by atoms with Crippen LogP contribution < -0.4 is 0 Å². The highest BCUT2D eigenvalue weighted by Gasteiger charge is 2.31. The number of hydrogen-bond acceptors (Lipinski definition) is 5. The van der Waals surface area contributed by atoms with Crippen LogP contribution in [0.2, 0.25) is 0 Å². The van der Waals surface area contributed by atoms with Gasteiger partial charge in [0.15, 0.2) is 0 Å². The third kappa shape index (κ3) is 2.95. The Hall–Kier alpha value is -2.21. The molecule has 0 amide bonds. The van der Waals surface area contributed by atoms with Gasteiger partial charge in [0, 0.05) is 5.56 Å². The summed E-state index contributed by atoms with van der Waals surface area (Å²) in [5.41, 5.74) is 2.07. The molecule has 110 valence electrons. The van der Waals surface area contributed by atoms with E-state index in [2.05, 4.69) is 10.1 Å². The molecule has 1 aliphatic heterocycles. The molecular weight excluding hydrogens is 270 g/mol. The standard InChI is InChI=1S/C15H17N3O3/c1-10-4-6-11(7-5-10)14-16-13(21-17-14)9-18-8-2-3-12(18)15(19)20/h4-7,12H,2-3,8-9H2,1H3,(H,19,20). The van der Waals surface area contributed by atoms with E-state index in [-0.39, 0.29) is 0 Å². The predicted octanol–water partition coefficient (Wildman–Crippen LogP) is 2.09. The van der Waals surface area contributed by atoms with E-state index in [1.54, 1.807) is 0 Å². The van der Waals surface area contributed by atoms with Gasteiger partial charge in [-0.05, 0) is 26.3 Å². The molecule has 6 heteroatoms. The number of benzene rings is 1. The lowest BCUT2D eigenvalue weighted by Crippen LogP contribution is -2.35. The lowest BCUT2D eigenvalue weighted by atomic mass is 10.1. The van der Waals surface area contributed by atoms with Crippen molar-refractivity contribution in [3.05, 3.63) is 35.7 Å². The highest BCUT2D eigenvalue weighted by Crippen LogP contribution is 2.21. The van der Waals surface area contributed by atoms with Gasteiger partial charge < -0.3 is 9.63 Å². The number of likely N-dealkylation sites (tertiary alicyclic amines) is 1. The second kappa shape index (κ2) is 5.65. The van der Waals surface area contributed by atoms with E-state index in [4.69, 9.17) is 9.63 Å². The monoisotopic (exact) mass is 287 g/mol. The zero-order valence-corrected chi connectivity index (χ0v) is 11.8. The Balaban J connectivity index is 1.73. The van der Waals surface area contributed by atoms with Crippen molar-refractivity contribution in [3.8, 4) is 11.4 Å². The van der Waals surface area contributed by atoms with Crippen LogP contribution in [0.3, 0.4) is 0 Å². The molecule has 3 rings (SSSR count). The van der Waals surface area contributed by atoms with Crippen molar-refractivity contribution in [1.29, 1.82) is 0 Å². The average Bonchev–Trinajstić information content (AvgIpc) is 3.09. The quantitative estimate of drug-likeness (QED) is 0.927. The summed E-state index contributed by atoms with van der Waals surface area (Å²) in [6.45, 7) is 3.15. The topological polar surface area (TPSA) is 79.5 Å². The van der Waals surface area contributed by atoms with Crippen LogP contribution in [-0.4, -0.2) is 38.7 Å². The van der Waals surface area contributed by atoms with Gasteiger partial charge in [0.2, 0.25) is 11.7 Å². The highest BCUT2D eigenvalue weighted by molar-refractivity contribution is 5.73. The Labute approximate surface area is 122 Å². The summed E-state index contributed by atoms with van der Waals surface area (Å²) < 4.78 is 5.24. The molecule has 1 saturated heterocycles. The number of hydrogen-bond donors (Lipinski definition) is 1. The molecule has 0 spiro atoms. The summed E-state index contributed by atoms with van der Waals surface area (Å²) >= 11 is 0. The van der Waals surface area contributed by atoms with E-state index >= 15 is 0 Å². The van der Waals surface area contributed by atoms with Crippen LogP contribution in [-0.2, 0) is 11.3 Å². The SMILES string of the molecule is Cc1ccc(-c2noc(CN3CCCC3C(=O)O)n2)cc1. The van der Waals surface area contributed by atoms with Crippen molar-refractivity contribution in [2.45, 2.75) is 32.4 Å². The second-order valence-corrected chi connectivity index (χ2v) is 5.34. The van der Waals surface area contributed by atoms with Gasteiger partial charge in [-0.15, -0.1) is 0 Å². The van der Waals surface area contributed by atoms with Crippen LogP contribution >= 0.6 is 0 Å². The van der Waals surface area contributed by atoms with Crippen molar-refractivity contribution in [1.82, 2.24) is 15.0 Å². The van der Waals surface area contributed by atoms with Crippen LogP contribution in [0.25, 0.3) is 11.4 Å². The molecule has 0 aliphatic carbocycles. The minimum Gasteiger partial charge on any atom is -0.480 e. The first-order chi connectivity index (χ1) is 10.1. The molecule has 1 unspecified atom stereocenters. The molecule has 21 heavy (non-hydrogen) atoms. The van der Waals surface area contributed by atoms with E-state index in [9.17, 15) is 4.79 Å². The number of carbonyl (C=O) groups is 1. The third-order valence-electron chi connectivity index (χ3n) is 3.76. The minimum absolute atomic E-state index is 0.385. The largest absolute Gasteiger partial charge is 0.480 e. The molecular formula is C15H17N3O3. The molecule has 1 aliphatic rings. The smallest absolute Gasteiger partial charge is 0.320 e. The third-order valence-corrected chi connectivity index (χ3v) is 3.76. The fourth-order valence-corrected chi connectivity index (χ4v) is 2.61. The molecule has 1 fully saturated rings. The van der Waals surface area contributed by atoms with E-state index < -0.39 is 12.0 Å². The van der Waals surface area contributed by atoms with Crippen molar-refractivity contribution in [2.75, 3.05) is 6.54 Å². The van der Waals surface area contributed by atoms with E-state index in [0.29, 0.717) is 24.7 Å². The van der Waals surface area contributed by atoms with Crippen LogP contribution in [0.5, 0.6) is 0 Å². The predicted molar refractivity (Wildman–Crippen MR) is 75.5 cm³/mol.